The minimum Gasteiger partial charge on any atom is -0.355 e. The first kappa shape index (κ1) is 15.6. The van der Waals surface area contributed by atoms with Crippen LogP contribution in [0.1, 0.15) is 12.8 Å². The van der Waals surface area contributed by atoms with Crippen LogP contribution >= 0.6 is 0 Å². The van der Waals surface area contributed by atoms with Gasteiger partial charge in [0, 0.05) is 65.4 Å². The zero-order valence-corrected chi connectivity index (χ0v) is 13.7. The van der Waals surface area contributed by atoms with Crippen LogP contribution in [0.2, 0.25) is 0 Å². The van der Waals surface area contributed by atoms with E-state index in [-0.39, 0.29) is 12.5 Å². The molecule has 2 bridgehead atoms. The smallest absolute Gasteiger partial charge is 0.243 e. The van der Waals surface area contributed by atoms with E-state index in [1.54, 1.807) is 19.0 Å². The molecule has 4 rings (SSSR count). The van der Waals surface area contributed by atoms with Crippen LogP contribution in [0.4, 0.5) is 0 Å². The van der Waals surface area contributed by atoms with E-state index < -0.39 is 0 Å². The van der Waals surface area contributed by atoms with Crippen molar-refractivity contribution < 1.29 is 4.79 Å². The number of carbonyl (C=O) groups is 1. The van der Waals surface area contributed by atoms with Crippen LogP contribution < -0.4 is 10.6 Å². The van der Waals surface area contributed by atoms with Crippen LogP contribution in [0, 0.1) is 0 Å². The molecule has 7 nitrogen and oxygen atoms in total. The van der Waals surface area contributed by atoms with Gasteiger partial charge < -0.3 is 15.5 Å². The van der Waals surface area contributed by atoms with E-state index >= 15 is 0 Å². The first-order chi connectivity index (χ1) is 10.6. The lowest BCUT2D eigenvalue weighted by atomic mass is 10.1. The van der Waals surface area contributed by atoms with Crippen LogP contribution in [0.5, 0.6) is 0 Å². The van der Waals surface area contributed by atoms with Crippen molar-refractivity contribution in [2.24, 2.45) is 4.99 Å². The highest BCUT2D eigenvalue weighted by molar-refractivity contribution is 5.85. The van der Waals surface area contributed by atoms with Gasteiger partial charge in [-0.25, -0.2) is 4.99 Å². The molecule has 1 amide bonds. The zero-order chi connectivity index (χ0) is 15.5. The Hall–Kier alpha value is -1.34. The summed E-state index contributed by atoms with van der Waals surface area (Å²) in [7, 11) is 3.53. The van der Waals surface area contributed by atoms with Gasteiger partial charge in [0.1, 0.15) is 6.54 Å². The molecule has 2 N–H and O–H groups in total. The number of rotatable bonds is 5. The minimum absolute atomic E-state index is 0.0310. The summed E-state index contributed by atoms with van der Waals surface area (Å²) in [5.41, 5.74) is 0. The molecule has 0 aromatic heterocycles. The van der Waals surface area contributed by atoms with Crippen LogP contribution in [0.15, 0.2) is 4.99 Å². The van der Waals surface area contributed by atoms with Crippen LogP contribution in [-0.2, 0) is 4.79 Å². The van der Waals surface area contributed by atoms with Gasteiger partial charge in [0.15, 0.2) is 5.96 Å². The van der Waals surface area contributed by atoms with Gasteiger partial charge in [0.05, 0.1) is 0 Å². The Balaban J connectivity index is 1.51. The van der Waals surface area contributed by atoms with Gasteiger partial charge in [-0.15, -0.1) is 0 Å². The van der Waals surface area contributed by atoms with E-state index in [1.807, 2.05) is 0 Å². The Labute approximate surface area is 132 Å². The molecule has 1 unspecified atom stereocenters. The normalized spacial score (nSPS) is 31.0. The highest BCUT2D eigenvalue weighted by Crippen LogP contribution is 2.18. The molecule has 22 heavy (non-hydrogen) atoms. The van der Waals surface area contributed by atoms with Gasteiger partial charge in [0.2, 0.25) is 5.91 Å². The Kier molecular flexibility index (Phi) is 4.83. The lowest BCUT2D eigenvalue weighted by molar-refractivity contribution is -0.127. The van der Waals surface area contributed by atoms with E-state index in [0.29, 0.717) is 12.1 Å². The predicted molar refractivity (Wildman–Crippen MR) is 87.0 cm³/mol. The highest BCUT2D eigenvalue weighted by Gasteiger charge is 2.32. The molecule has 3 saturated heterocycles. The van der Waals surface area contributed by atoms with Crippen LogP contribution in [0.25, 0.3) is 0 Å². The lowest BCUT2D eigenvalue weighted by Crippen LogP contribution is -2.63. The van der Waals surface area contributed by atoms with Crippen LogP contribution in [0.3, 0.4) is 0 Å². The molecular formula is C15H28N6O. The third-order valence-electron chi connectivity index (χ3n) is 4.69. The van der Waals surface area contributed by atoms with E-state index in [9.17, 15) is 4.79 Å². The first-order valence-electron chi connectivity index (χ1n) is 8.33. The average Bonchev–Trinajstić information content (AvgIpc) is 3.34. The molecule has 0 radical (unpaired) electrons. The van der Waals surface area contributed by atoms with E-state index in [0.717, 1.165) is 19.0 Å². The fraction of sp³-hybridized carbons (Fsp3) is 0.867. The Bertz CT molecular complexity index is 426. The van der Waals surface area contributed by atoms with Crippen molar-refractivity contribution in [2.75, 3.05) is 59.9 Å². The van der Waals surface area contributed by atoms with Crippen molar-refractivity contribution in [1.29, 1.82) is 0 Å². The number of hydrogen-bond acceptors (Lipinski definition) is 4. The molecule has 3 heterocycles. The minimum atomic E-state index is 0.0310. The van der Waals surface area contributed by atoms with Crippen molar-refractivity contribution in [2.45, 2.75) is 24.9 Å². The molecule has 0 aromatic rings. The number of nitrogens with zero attached hydrogens (tertiary/aromatic N) is 4. The molecule has 0 aromatic carbocycles. The maximum absolute atomic E-state index is 11.7. The summed E-state index contributed by atoms with van der Waals surface area (Å²) in [6, 6.07) is 1.09. The molecule has 1 aliphatic carbocycles. The molecule has 0 spiro atoms. The molecule has 124 valence electrons. The Morgan fingerprint density at radius 2 is 1.95 bits per heavy atom. The highest BCUT2D eigenvalue weighted by atomic mass is 16.2. The second-order valence-corrected chi connectivity index (χ2v) is 6.74. The van der Waals surface area contributed by atoms with Gasteiger partial charge >= 0.3 is 0 Å². The summed E-state index contributed by atoms with van der Waals surface area (Å²) in [4.78, 5) is 22.8. The van der Waals surface area contributed by atoms with Gasteiger partial charge in [0.25, 0.3) is 0 Å². The molecule has 1 atom stereocenters. The summed E-state index contributed by atoms with van der Waals surface area (Å²) in [5, 5.41) is 6.84. The van der Waals surface area contributed by atoms with Crippen molar-refractivity contribution in [3.8, 4) is 0 Å². The number of aliphatic imine (C=N–C) groups is 1. The van der Waals surface area contributed by atoms with Crippen molar-refractivity contribution in [3.63, 3.8) is 0 Å². The predicted octanol–water partition coefficient (Wildman–Crippen LogP) is -1.23. The van der Waals surface area contributed by atoms with Crippen molar-refractivity contribution >= 4 is 11.9 Å². The average molecular weight is 308 g/mol. The molecule has 7 heteroatoms. The first-order valence-corrected chi connectivity index (χ1v) is 8.33. The summed E-state index contributed by atoms with van der Waals surface area (Å²) in [6.07, 6.45) is 2.40. The summed E-state index contributed by atoms with van der Waals surface area (Å²) >= 11 is 0. The Morgan fingerprint density at radius 1 is 1.23 bits per heavy atom. The third-order valence-corrected chi connectivity index (χ3v) is 4.69. The van der Waals surface area contributed by atoms with Crippen LogP contribution in [-0.4, -0.2) is 98.6 Å². The summed E-state index contributed by atoms with van der Waals surface area (Å²) in [5.74, 6) is 0.818. The maximum atomic E-state index is 11.7. The van der Waals surface area contributed by atoms with E-state index in [1.165, 1.54) is 39.0 Å². The van der Waals surface area contributed by atoms with Gasteiger partial charge in [-0.3, -0.25) is 14.6 Å². The van der Waals surface area contributed by atoms with Gasteiger partial charge in [-0.1, -0.05) is 0 Å². The quantitative estimate of drug-likeness (QED) is 0.492. The number of amides is 1. The fourth-order valence-corrected chi connectivity index (χ4v) is 2.99. The SMILES string of the molecule is CN(C)C(=O)CN=C(NCC1CN2CCN1CC2)NC1CC1. The second kappa shape index (κ2) is 6.83. The number of carbonyl (C=O) groups excluding carboxylic acids is 1. The number of hydrogen-bond donors (Lipinski definition) is 2. The molecule has 4 aliphatic rings. The molecule has 3 aliphatic heterocycles. The summed E-state index contributed by atoms with van der Waals surface area (Å²) < 4.78 is 0. The second-order valence-electron chi connectivity index (χ2n) is 6.74. The monoisotopic (exact) mass is 308 g/mol. The van der Waals surface area contributed by atoms with Crippen molar-refractivity contribution in [1.82, 2.24) is 25.3 Å². The number of guanidine groups is 1. The van der Waals surface area contributed by atoms with Crippen molar-refractivity contribution in [3.05, 3.63) is 0 Å². The van der Waals surface area contributed by atoms with Gasteiger partial charge in [-0.2, -0.15) is 0 Å². The number of likely N-dealkylation sites (N-methyl/N-ethyl adjacent to an activating group) is 1. The number of nitrogens with one attached hydrogen (secondary N) is 2. The third kappa shape index (κ3) is 4.10. The fourth-order valence-electron chi connectivity index (χ4n) is 2.99. The molecular weight excluding hydrogens is 280 g/mol. The lowest BCUT2D eigenvalue weighted by Gasteiger charge is -2.47. The standard InChI is InChI=1S/C15H28N6O/c1-19(2)14(22)10-17-15(18-12-3-4-12)16-9-13-11-20-5-7-21(13)8-6-20/h12-13H,3-11H2,1-2H3,(H2,16,17,18). The largest absolute Gasteiger partial charge is 0.355 e. The zero-order valence-electron chi connectivity index (χ0n) is 13.7. The van der Waals surface area contributed by atoms with E-state index in [2.05, 4.69) is 25.4 Å². The van der Waals surface area contributed by atoms with Gasteiger partial charge in [-0.05, 0) is 12.8 Å². The topological polar surface area (TPSA) is 63.2 Å². The number of fused-ring (bicyclic) bond motifs is 3. The van der Waals surface area contributed by atoms with E-state index in [4.69, 9.17) is 0 Å². The molecule has 1 saturated carbocycles. The summed E-state index contributed by atoms with van der Waals surface area (Å²) in [6.45, 7) is 6.99. The number of piperazine rings is 3. The molecule has 4 fully saturated rings. The maximum Gasteiger partial charge on any atom is 0.243 e. The Morgan fingerprint density at radius 3 is 2.50 bits per heavy atom.